The third-order valence-electron chi connectivity index (χ3n) is 3.35. The molecule has 0 aliphatic rings. The molecule has 8 heteroatoms. The van der Waals surface area contributed by atoms with Crippen LogP contribution in [0.25, 0.3) is 0 Å². The molecule has 0 fully saturated rings. The van der Waals surface area contributed by atoms with Crippen molar-refractivity contribution in [3.05, 3.63) is 30.1 Å². The summed E-state index contributed by atoms with van der Waals surface area (Å²) in [5.41, 5.74) is 4.60. The molecule has 25 heavy (non-hydrogen) atoms. The monoisotopic (exact) mass is 352 g/mol. The van der Waals surface area contributed by atoms with E-state index >= 15 is 0 Å². The molecule has 0 radical (unpaired) electrons. The number of rotatable bonds is 11. The molecule has 0 aromatic carbocycles. The van der Waals surface area contributed by atoms with Crippen LogP contribution in [0.3, 0.4) is 0 Å². The van der Waals surface area contributed by atoms with E-state index in [-0.39, 0.29) is 38.6 Å². The lowest BCUT2D eigenvalue weighted by Gasteiger charge is -2.22. The standard InChI is InChI=1S/C17H24N2O6/c1-17(2,25-12-18)14(20)6-7-15(21)23-9-4-10-24-16(22)13-5-3-8-19-11-13/h3,5,8,11H,4,6-7,9-10,12,18H2,1-2H3. The summed E-state index contributed by atoms with van der Waals surface area (Å²) >= 11 is 0. The number of ether oxygens (including phenoxy) is 3. The number of carbonyl (C=O) groups is 3. The SMILES string of the molecule is CC(C)(OCN)C(=O)CCC(=O)OCCCOC(=O)c1cccnc1. The smallest absolute Gasteiger partial charge is 0.339 e. The van der Waals surface area contributed by atoms with Gasteiger partial charge in [-0.05, 0) is 26.0 Å². The van der Waals surface area contributed by atoms with Crippen LogP contribution in [0, 0.1) is 0 Å². The van der Waals surface area contributed by atoms with Crippen molar-refractivity contribution in [2.24, 2.45) is 5.73 Å². The summed E-state index contributed by atoms with van der Waals surface area (Å²) in [6, 6.07) is 3.24. The first-order valence-electron chi connectivity index (χ1n) is 7.97. The number of hydrogen-bond acceptors (Lipinski definition) is 8. The topological polar surface area (TPSA) is 118 Å². The fourth-order valence-corrected chi connectivity index (χ4v) is 1.85. The first-order chi connectivity index (χ1) is 11.9. The summed E-state index contributed by atoms with van der Waals surface area (Å²) in [6.45, 7) is 3.36. The van der Waals surface area contributed by atoms with Gasteiger partial charge in [-0.2, -0.15) is 0 Å². The minimum Gasteiger partial charge on any atom is -0.466 e. The predicted octanol–water partition coefficient (Wildman–Crippen LogP) is 1.23. The van der Waals surface area contributed by atoms with E-state index in [1.165, 1.54) is 6.20 Å². The lowest BCUT2D eigenvalue weighted by molar-refractivity contribution is -0.148. The van der Waals surface area contributed by atoms with E-state index in [2.05, 4.69) is 4.98 Å². The van der Waals surface area contributed by atoms with Gasteiger partial charge < -0.3 is 19.9 Å². The second-order valence-corrected chi connectivity index (χ2v) is 5.70. The first kappa shape index (κ1) is 20.7. The number of nitrogens with two attached hydrogens (primary N) is 1. The Morgan fingerprint density at radius 3 is 2.52 bits per heavy atom. The summed E-state index contributed by atoms with van der Waals surface area (Å²) in [5.74, 6) is -1.19. The summed E-state index contributed by atoms with van der Waals surface area (Å²) in [6.07, 6.45) is 3.32. The van der Waals surface area contributed by atoms with Crippen LogP contribution < -0.4 is 5.73 Å². The summed E-state index contributed by atoms with van der Waals surface area (Å²) in [5, 5.41) is 0. The Kier molecular flexibility index (Phi) is 8.73. The molecule has 0 unspecified atom stereocenters. The van der Waals surface area contributed by atoms with Crippen molar-refractivity contribution < 1.29 is 28.6 Å². The van der Waals surface area contributed by atoms with Crippen LogP contribution in [0.4, 0.5) is 0 Å². The Hall–Kier alpha value is -2.32. The lowest BCUT2D eigenvalue weighted by atomic mass is 9.99. The van der Waals surface area contributed by atoms with E-state index in [1.54, 1.807) is 32.2 Å². The van der Waals surface area contributed by atoms with E-state index < -0.39 is 17.5 Å². The van der Waals surface area contributed by atoms with Gasteiger partial charge in [0.15, 0.2) is 5.78 Å². The molecule has 0 atom stereocenters. The fraction of sp³-hybridized carbons (Fsp3) is 0.529. The van der Waals surface area contributed by atoms with Gasteiger partial charge in [-0.15, -0.1) is 0 Å². The molecule has 0 spiro atoms. The molecule has 1 aromatic heterocycles. The van der Waals surface area contributed by atoms with Crippen LogP contribution in [0.2, 0.25) is 0 Å². The van der Waals surface area contributed by atoms with Crippen molar-refractivity contribution in [3.8, 4) is 0 Å². The second kappa shape index (κ2) is 10.5. The Bertz CT molecular complexity index is 574. The van der Waals surface area contributed by atoms with Crippen molar-refractivity contribution in [2.45, 2.75) is 38.7 Å². The molecular formula is C17H24N2O6. The normalized spacial score (nSPS) is 11.0. The number of ketones is 1. The van der Waals surface area contributed by atoms with Gasteiger partial charge in [0.25, 0.3) is 0 Å². The number of pyridine rings is 1. The molecule has 0 saturated heterocycles. The van der Waals surface area contributed by atoms with Gasteiger partial charge in [0.2, 0.25) is 0 Å². The highest BCUT2D eigenvalue weighted by molar-refractivity contribution is 5.89. The van der Waals surface area contributed by atoms with E-state index in [1.807, 2.05) is 0 Å². The average molecular weight is 352 g/mol. The molecule has 1 aromatic rings. The van der Waals surface area contributed by atoms with Crippen molar-refractivity contribution >= 4 is 17.7 Å². The first-order valence-corrected chi connectivity index (χ1v) is 7.97. The molecular weight excluding hydrogens is 328 g/mol. The highest BCUT2D eigenvalue weighted by Gasteiger charge is 2.28. The second-order valence-electron chi connectivity index (χ2n) is 5.70. The molecule has 0 amide bonds. The largest absolute Gasteiger partial charge is 0.466 e. The zero-order chi connectivity index (χ0) is 18.7. The summed E-state index contributed by atoms with van der Waals surface area (Å²) in [7, 11) is 0. The van der Waals surface area contributed by atoms with Crippen molar-refractivity contribution in [3.63, 3.8) is 0 Å². The van der Waals surface area contributed by atoms with E-state index in [0.29, 0.717) is 12.0 Å². The van der Waals surface area contributed by atoms with E-state index in [0.717, 1.165) is 0 Å². The zero-order valence-corrected chi connectivity index (χ0v) is 14.5. The minimum absolute atomic E-state index is 0.0157. The summed E-state index contributed by atoms with van der Waals surface area (Å²) in [4.78, 5) is 39.0. The minimum atomic E-state index is -1.02. The number of esters is 2. The third-order valence-corrected chi connectivity index (χ3v) is 3.35. The molecule has 0 saturated carbocycles. The molecule has 0 aliphatic carbocycles. The summed E-state index contributed by atoms with van der Waals surface area (Å²) < 4.78 is 15.1. The number of Topliss-reactive ketones (excluding diaryl/α,β-unsaturated/α-hetero) is 1. The number of hydrogen-bond donors (Lipinski definition) is 1. The predicted molar refractivity (Wildman–Crippen MR) is 88.6 cm³/mol. The highest BCUT2D eigenvalue weighted by atomic mass is 16.5. The molecule has 8 nitrogen and oxygen atoms in total. The van der Waals surface area contributed by atoms with E-state index in [9.17, 15) is 14.4 Å². The van der Waals surface area contributed by atoms with Gasteiger partial charge in [-0.3, -0.25) is 14.6 Å². The maximum absolute atomic E-state index is 11.9. The molecule has 1 heterocycles. The number of aromatic nitrogens is 1. The van der Waals surface area contributed by atoms with Gasteiger partial charge in [-0.1, -0.05) is 0 Å². The Balaban J connectivity index is 2.15. The van der Waals surface area contributed by atoms with Crippen molar-refractivity contribution in [2.75, 3.05) is 19.9 Å². The van der Waals surface area contributed by atoms with Gasteiger partial charge in [0.1, 0.15) is 5.60 Å². The lowest BCUT2D eigenvalue weighted by Crippen LogP contribution is -2.37. The van der Waals surface area contributed by atoms with Crippen LogP contribution in [0.15, 0.2) is 24.5 Å². The van der Waals surface area contributed by atoms with Gasteiger partial charge in [0, 0.05) is 25.2 Å². The van der Waals surface area contributed by atoms with Gasteiger partial charge in [0.05, 0.1) is 31.9 Å². The Morgan fingerprint density at radius 1 is 1.16 bits per heavy atom. The molecule has 0 aliphatic heterocycles. The molecule has 0 bridgehead atoms. The Labute approximate surface area is 146 Å². The maximum atomic E-state index is 11.9. The number of carbonyl (C=O) groups excluding carboxylic acids is 3. The van der Waals surface area contributed by atoms with Crippen LogP contribution in [-0.2, 0) is 23.8 Å². The fourth-order valence-electron chi connectivity index (χ4n) is 1.85. The Morgan fingerprint density at radius 2 is 1.88 bits per heavy atom. The van der Waals surface area contributed by atoms with Crippen LogP contribution >= 0.6 is 0 Å². The van der Waals surface area contributed by atoms with Gasteiger partial charge in [-0.25, -0.2) is 4.79 Å². The third kappa shape index (κ3) is 7.86. The molecule has 2 N–H and O–H groups in total. The van der Waals surface area contributed by atoms with Crippen LogP contribution in [0.1, 0.15) is 43.5 Å². The molecule has 138 valence electrons. The van der Waals surface area contributed by atoms with E-state index in [4.69, 9.17) is 19.9 Å². The average Bonchev–Trinajstić information content (AvgIpc) is 2.59. The number of nitrogens with zero attached hydrogens (tertiary/aromatic N) is 1. The quantitative estimate of drug-likeness (QED) is 0.359. The van der Waals surface area contributed by atoms with Crippen molar-refractivity contribution in [1.29, 1.82) is 0 Å². The molecule has 1 rings (SSSR count). The highest BCUT2D eigenvalue weighted by Crippen LogP contribution is 2.13. The zero-order valence-electron chi connectivity index (χ0n) is 14.5. The van der Waals surface area contributed by atoms with Crippen molar-refractivity contribution in [1.82, 2.24) is 4.98 Å². The van der Waals surface area contributed by atoms with Crippen LogP contribution in [-0.4, -0.2) is 48.3 Å². The van der Waals surface area contributed by atoms with Gasteiger partial charge >= 0.3 is 11.9 Å². The van der Waals surface area contributed by atoms with Crippen LogP contribution in [0.5, 0.6) is 0 Å². The maximum Gasteiger partial charge on any atom is 0.339 e.